The molecule has 0 aromatic carbocycles. The van der Waals surface area contributed by atoms with Crippen LogP contribution in [0.1, 0.15) is 19.2 Å². The van der Waals surface area contributed by atoms with E-state index in [0.717, 1.165) is 22.3 Å². The molecule has 0 bridgehead atoms. The highest BCUT2D eigenvalue weighted by Gasteiger charge is 2.01. The van der Waals surface area contributed by atoms with Crippen molar-refractivity contribution in [3.05, 3.63) is 5.82 Å². The summed E-state index contributed by atoms with van der Waals surface area (Å²) in [6.07, 6.45) is 0.593. The van der Waals surface area contributed by atoms with Gasteiger partial charge in [-0.15, -0.1) is 0 Å². The van der Waals surface area contributed by atoms with E-state index in [0.29, 0.717) is 0 Å². The van der Waals surface area contributed by atoms with Gasteiger partial charge < -0.3 is 5.11 Å². The summed E-state index contributed by atoms with van der Waals surface area (Å²) in [5.41, 5.74) is 0. The first kappa shape index (κ1) is 9.95. The van der Waals surface area contributed by atoms with Gasteiger partial charge in [0.1, 0.15) is 5.82 Å². The lowest BCUT2D eigenvalue weighted by Gasteiger charge is -1.99. The number of aryl methyl sites for hydroxylation is 1. The van der Waals surface area contributed by atoms with Crippen molar-refractivity contribution in [1.82, 2.24) is 9.36 Å². The molecule has 1 heterocycles. The first-order chi connectivity index (χ1) is 5.68. The molecule has 12 heavy (non-hydrogen) atoms. The highest BCUT2D eigenvalue weighted by Crippen LogP contribution is 2.20. The molecular weight excluding hydrogens is 192 g/mol. The summed E-state index contributed by atoms with van der Waals surface area (Å²) in [6, 6.07) is 0. The van der Waals surface area contributed by atoms with E-state index in [-0.39, 0.29) is 6.10 Å². The van der Waals surface area contributed by atoms with Crippen LogP contribution in [-0.2, 0) is 0 Å². The maximum absolute atomic E-state index is 8.99. The van der Waals surface area contributed by atoms with Crippen LogP contribution < -0.4 is 0 Å². The van der Waals surface area contributed by atoms with Crippen molar-refractivity contribution in [3.63, 3.8) is 0 Å². The topological polar surface area (TPSA) is 46.0 Å². The summed E-state index contributed by atoms with van der Waals surface area (Å²) in [7, 11) is 0. The minimum atomic E-state index is -0.216. The molecular formula is C7H12N2OS2. The second kappa shape index (κ2) is 4.79. The minimum absolute atomic E-state index is 0.216. The van der Waals surface area contributed by atoms with Crippen molar-refractivity contribution < 1.29 is 5.11 Å². The van der Waals surface area contributed by atoms with Crippen molar-refractivity contribution in [2.24, 2.45) is 0 Å². The maximum Gasteiger partial charge on any atom is 0.170 e. The van der Waals surface area contributed by atoms with E-state index < -0.39 is 0 Å². The van der Waals surface area contributed by atoms with Crippen LogP contribution >= 0.6 is 23.3 Å². The number of rotatable bonds is 4. The molecule has 3 nitrogen and oxygen atoms in total. The van der Waals surface area contributed by atoms with Crippen LogP contribution in [-0.4, -0.2) is 26.3 Å². The minimum Gasteiger partial charge on any atom is -0.393 e. The first-order valence-electron chi connectivity index (χ1n) is 3.79. The summed E-state index contributed by atoms with van der Waals surface area (Å²) in [5.74, 6) is 1.74. The lowest BCUT2D eigenvalue weighted by atomic mass is 10.3. The lowest BCUT2D eigenvalue weighted by Crippen LogP contribution is -1.99. The van der Waals surface area contributed by atoms with Crippen LogP contribution in [0, 0.1) is 6.92 Å². The van der Waals surface area contributed by atoms with Gasteiger partial charge in [0.2, 0.25) is 0 Å². The molecule has 0 amide bonds. The molecule has 0 aliphatic heterocycles. The number of aliphatic hydroxyl groups is 1. The molecule has 0 aliphatic rings. The molecule has 1 aromatic rings. The maximum atomic E-state index is 8.99. The highest BCUT2D eigenvalue weighted by molar-refractivity contribution is 8.00. The molecule has 0 aliphatic carbocycles. The van der Waals surface area contributed by atoms with Gasteiger partial charge in [0.25, 0.3) is 0 Å². The van der Waals surface area contributed by atoms with E-state index in [1.807, 2.05) is 6.92 Å². The van der Waals surface area contributed by atoms with E-state index in [4.69, 9.17) is 5.11 Å². The number of hydrogen-bond donors (Lipinski definition) is 1. The van der Waals surface area contributed by atoms with Gasteiger partial charge in [-0.3, -0.25) is 0 Å². The summed E-state index contributed by atoms with van der Waals surface area (Å²) >= 11 is 3.08. The van der Waals surface area contributed by atoms with Crippen LogP contribution in [0.15, 0.2) is 4.34 Å². The number of hydrogen-bond acceptors (Lipinski definition) is 5. The second-order valence-electron chi connectivity index (χ2n) is 2.59. The van der Waals surface area contributed by atoms with Gasteiger partial charge >= 0.3 is 0 Å². The van der Waals surface area contributed by atoms with Gasteiger partial charge in [-0.05, 0) is 31.8 Å². The van der Waals surface area contributed by atoms with Crippen molar-refractivity contribution in [3.8, 4) is 0 Å². The average molecular weight is 204 g/mol. The first-order valence-corrected chi connectivity index (χ1v) is 5.55. The molecule has 1 N–H and O–H groups in total. The fourth-order valence-electron chi connectivity index (χ4n) is 0.653. The monoisotopic (exact) mass is 204 g/mol. The van der Waals surface area contributed by atoms with Crippen LogP contribution in [0.2, 0.25) is 0 Å². The van der Waals surface area contributed by atoms with Crippen molar-refractivity contribution in [2.75, 3.05) is 5.75 Å². The molecule has 1 aromatic heterocycles. The van der Waals surface area contributed by atoms with E-state index >= 15 is 0 Å². The Balaban J connectivity index is 2.24. The fraction of sp³-hybridized carbons (Fsp3) is 0.714. The Kier molecular flexibility index (Phi) is 3.97. The van der Waals surface area contributed by atoms with Crippen LogP contribution in [0.25, 0.3) is 0 Å². The molecule has 1 atom stereocenters. The van der Waals surface area contributed by atoms with E-state index in [9.17, 15) is 0 Å². The van der Waals surface area contributed by atoms with Gasteiger partial charge in [-0.25, -0.2) is 4.98 Å². The Hall–Kier alpha value is -0.130. The predicted molar refractivity (Wildman–Crippen MR) is 51.7 cm³/mol. The van der Waals surface area contributed by atoms with Crippen LogP contribution in [0.5, 0.6) is 0 Å². The van der Waals surface area contributed by atoms with Gasteiger partial charge in [-0.2, -0.15) is 4.37 Å². The summed E-state index contributed by atoms with van der Waals surface area (Å²) in [6.45, 7) is 3.68. The third-order valence-electron chi connectivity index (χ3n) is 1.27. The largest absolute Gasteiger partial charge is 0.393 e. The number of aliphatic hydroxyl groups excluding tert-OH is 1. The van der Waals surface area contributed by atoms with Gasteiger partial charge in [0.05, 0.1) is 6.10 Å². The van der Waals surface area contributed by atoms with Crippen molar-refractivity contribution >= 4 is 23.3 Å². The Morgan fingerprint density at radius 3 is 2.92 bits per heavy atom. The zero-order valence-electron chi connectivity index (χ0n) is 7.15. The smallest absolute Gasteiger partial charge is 0.170 e. The number of nitrogens with zero attached hydrogens (tertiary/aromatic N) is 2. The van der Waals surface area contributed by atoms with Crippen molar-refractivity contribution in [1.29, 1.82) is 0 Å². The van der Waals surface area contributed by atoms with Crippen LogP contribution in [0.4, 0.5) is 0 Å². The third kappa shape index (κ3) is 3.51. The Morgan fingerprint density at radius 2 is 2.42 bits per heavy atom. The third-order valence-corrected chi connectivity index (χ3v) is 3.23. The molecule has 1 unspecified atom stereocenters. The molecule has 1 rings (SSSR count). The van der Waals surface area contributed by atoms with Gasteiger partial charge in [0.15, 0.2) is 4.34 Å². The summed E-state index contributed by atoms with van der Waals surface area (Å²) in [4.78, 5) is 4.20. The number of aromatic nitrogens is 2. The molecule has 5 heteroatoms. The number of thioether (sulfide) groups is 1. The molecule has 0 saturated carbocycles. The van der Waals surface area contributed by atoms with Crippen LogP contribution in [0.3, 0.4) is 0 Å². The van der Waals surface area contributed by atoms with E-state index in [1.54, 1.807) is 18.7 Å². The fourth-order valence-corrected chi connectivity index (χ4v) is 2.48. The van der Waals surface area contributed by atoms with E-state index in [2.05, 4.69) is 9.36 Å². The molecule has 68 valence electrons. The summed E-state index contributed by atoms with van der Waals surface area (Å²) in [5, 5.41) is 8.99. The van der Waals surface area contributed by atoms with Crippen molar-refractivity contribution in [2.45, 2.75) is 30.7 Å². The second-order valence-corrected chi connectivity index (χ2v) is 4.69. The highest BCUT2D eigenvalue weighted by atomic mass is 32.2. The zero-order chi connectivity index (χ0) is 8.97. The van der Waals surface area contributed by atoms with Gasteiger partial charge in [0, 0.05) is 5.75 Å². The van der Waals surface area contributed by atoms with E-state index in [1.165, 1.54) is 11.5 Å². The molecule has 0 radical (unpaired) electrons. The quantitative estimate of drug-likeness (QED) is 0.758. The zero-order valence-corrected chi connectivity index (χ0v) is 8.78. The Morgan fingerprint density at radius 1 is 1.67 bits per heavy atom. The molecule has 0 fully saturated rings. The average Bonchev–Trinajstić information content (AvgIpc) is 2.35. The predicted octanol–water partition coefficient (Wildman–Crippen LogP) is 1.71. The van der Waals surface area contributed by atoms with Gasteiger partial charge in [-0.1, -0.05) is 11.8 Å². The Labute approximate surface area is 80.4 Å². The molecule has 0 spiro atoms. The Bertz CT molecular complexity index is 237. The lowest BCUT2D eigenvalue weighted by molar-refractivity contribution is 0.192. The normalized spacial score (nSPS) is 13.2. The SMILES string of the molecule is Cc1nsc(SCCC(C)O)n1. The standard InChI is InChI=1S/C7H12N2OS2/c1-5(10)3-4-11-7-8-6(2)9-12-7/h5,10H,3-4H2,1-2H3. The summed E-state index contributed by atoms with van der Waals surface area (Å²) < 4.78 is 5.06. The molecule has 0 saturated heterocycles.